The van der Waals surface area contributed by atoms with Crippen LogP contribution in [0.25, 0.3) is 10.8 Å². The number of fused-ring (bicyclic) bond motifs is 1. The molecule has 3 aromatic carbocycles. The highest BCUT2D eigenvalue weighted by molar-refractivity contribution is 6.03. The number of phenols is 1. The lowest BCUT2D eigenvalue weighted by atomic mass is 10.1. The van der Waals surface area contributed by atoms with Gasteiger partial charge in [-0.1, -0.05) is 36.4 Å². The second kappa shape index (κ2) is 7.27. The van der Waals surface area contributed by atoms with Gasteiger partial charge in [-0.25, -0.2) is 5.43 Å². The average Bonchev–Trinajstić information content (AvgIpc) is 2.65. The fraction of sp³-hybridized carbons (Fsp3) is 0.143. The molecule has 0 saturated carbocycles. The third-order valence-electron chi connectivity index (χ3n) is 4.24. The lowest BCUT2D eigenvalue weighted by Crippen LogP contribution is -2.19. The zero-order chi connectivity index (χ0) is 18.7. The highest BCUT2D eigenvalue weighted by atomic mass is 16.3. The van der Waals surface area contributed by atoms with Gasteiger partial charge in [0.15, 0.2) is 0 Å². The Bertz CT molecular complexity index is 976. The molecule has 1 amide bonds. The molecule has 0 bridgehead atoms. The van der Waals surface area contributed by atoms with Crippen LogP contribution in [0.2, 0.25) is 0 Å². The molecule has 2 N–H and O–H groups in total. The molecular formula is C21H21N3O2. The first-order valence-corrected chi connectivity index (χ1v) is 8.30. The van der Waals surface area contributed by atoms with Gasteiger partial charge in [-0.15, -0.1) is 0 Å². The molecule has 0 atom stereocenters. The number of hydrogen-bond donors (Lipinski definition) is 2. The van der Waals surface area contributed by atoms with Gasteiger partial charge in [0.05, 0.1) is 11.3 Å². The fourth-order valence-corrected chi connectivity index (χ4v) is 2.67. The molecule has 0 unspecified atom stereocenters. The molecule has 0 aliphatic heterocycles. The first-order chi connectivity index (χ1) is 12.5. The van der Waals surface area contributed by atoms with Crippen molar-refractivity contribution in [3.63, 3.8) is 0 Å². The number of nitrogens with zero attached hydrogens (tertiary/aromatic N) is 2. The van der Waals surface area contributed by atoms with E-state index in [1.807, 2.05) is 74.4 Å². The number of rotatable bonds is 4. The number of carbonyl (C=O) groups excluding carboxylic acids is 1. The monoisotopic (exact) mass is 347 g/mol. The summed E-state index contributed by atoms with van der Waals surface area (Å²) in [7, 11) is 3.96. The maximum absolute atomic E-state index is 12.4. The minimum atomic E-state index is -0.447. The van der Waals surface area contributed by atoms with Crippen molar-refractivity contribution < 1.29 is 9.90 Å². The van der Waals surface area contributed by atoms with E-state index < -0.39 is 5.91 Å². The summed E-state index contributed by atoms with van der Waals surface area (Å²) in [6.07, 6.45) is 0. The van der Waals surface area contributed by atoms with E-state index in [0.717, 1.165) is 22.0 Å². The molecule has 3 aromatic rings. The summed E-state index contributed by atoms with van der Waals surface area (Å²) in [5, 5.41) is 16.1. The summed E-state index contributed by atoms with van der Waals surface area (Å²) in [6, 6.07) is 18.7. The molecule has 5 nitrogen and oxygen atoms in total. The Kier molecular flexibility index (Phi) is 4.89. The smallest absolute Gasteiger partial charge is 0.275 e. The van der Waals surface area contributed by atoms with Crippen molar-refractivity contribution >= 4 is 28.1 Å². The molecule has 26 heavy (non-hydrogen) atoms. The zero-order valence-electron chi connectivity index (χ0n) is 15.0. The van der Waals surface area contributed by atoms with Crippen LogP contribution in [0.5, 0.6) is 5.75 Å². The van der Waals surface area contributed by atoms with Crippen molar-refractivity contribution in [1.82, 2.24) is 5.43 Å². The number of anilines is 1. The summed E-state index contributed by atoms with van der Waals surface area (Å²) in [5.41, 5.74) is 5.41. The molecule has 0 spiro atoms. The highest BCUT2D eigenvalue weighted by Crippen LogP contribution is 2.24. The van der Waals surface area contributed by atoms with E-state index in [1.54, 1.807) is 12.1 Å². The summed E-state index contributed by atoms with van der Waals surface area (Å²) in [4.78, 5) is 14.4. The Morgan fingerprint density at radius 1 is 1.00 bits per heavy atom. The van der Waals surface area contributed by atoms with E-state index in [4.69, 9.17) is 0 Å². The first kappa shape index (κ1) is 17.5. The van der Waals surface area contributed by atoms with Crippen molar-refractivity contribution in [1.29, 1.82) is 0 Å². The van der Waals surface area contributed by atoms with Crippen LogP contribution in [-0.4, -0.2) is 30.8 Å². The Morgan fingerprint density at radius 2 is 1.62 bits per heavy atom. The Morgan fingerprint density at radius 3 is 2.23 bits per heavy atom. The average molecular weight is 347 g/mol. The second-order valence-corrected chi connectivity index (χ2v) is 6.30. The van der Waals surface area contributed by atoms with E-state index in [9.17, 15) is 9.90 Å². The molecular weight excluding hydrogens is 326 g/mol. The molecule has 132 valence electrons. The summed E-state index contributed by atoms with van der Waals surface area (Å²) < 4.78 is 0. The SMILES string of the molecule is C/C(=N/NC(=O)c1cc2ccccc2cc1O)c1ccc(N(C)C)cc1. The molecule has 0 fully saturated rings. The van der Waals surface area contributed by atoms with Crippen molar-refractivity contribution in [2.24, 2.45) is 5.10 Å². The molecule has 3 rings (SSSR count). The third kappa shape index (κ3) is 3.67. The Labute approximate surface area is 152 Å². The summed E-state index contributed by atoms with van der Waals surface area (Å²) >= 11 is 0. The van der Waals surface area contributed by atoms with Crippen LogP contribution in [0.3, 0.4) is 0 Å². The van der Waals surface area contributed by atoms with Gasteiger partial charge in [0.25, 0.3) is 5.91 Å². The van der Waals surface area contributed by atoms with Crippen molar-refractivity contribution in [3.8, 4) is 5.75 Å². The largest absolute Gasteiger partial charge is 0.507 e. The highest BCUT2D eigenvalue weighted by Gasteiger charge is 2.12. The minimum absolute atomic E-state index is 0.0654. The first-order valence-electron chi connectivity index (χ1n) is 8.30. The van der Waals surface area contributed by atoms with E-state index in [-0.39, 0.29) is 11.3 Å². The van der Waals surface area contributed by atoms with E-state index in [2.05, 4.69) is 10.5 Å². The second-order valence-electron chi connectivity index (χ2n) is 6.30. The summed E-state index contributed by atoms with van der Waals surface area (Å²) in [6.45, 7) is 1.82. The molecule has 0 aliphatic rings. The van der Waals surface area contributed by atoms with Gasteiger partial charge in [0.1, 0.15) is 5.75 Å². The van der Waals surface area contributed by atoms with Gasteiger partial charge in [-0.2, -0.15) is 5.10 Å². The van der Waals surface area contributed by atoms with Gasteiger partial charge < -0.3 is 10.0 Å². The van der Waals surface area contributed by atoms with Crippen molar-refractivity contribution in [2.45, 2.75) is 6.92 Å². The minimum Gasteiger partial charge on any atom is -0.507 e. The number of aromatic hydroxyl groups is 1. The number of nitrogens with one attached hydrogen (secondary N) is 1. The topological polar surface area (TPSA) is 64.9 Å². The van der Waals surface area contributed by atoms with Crippen molar-refractivity contribution in [2.75, 3.05) is 19.0 Å². The standard InChI is InChI=1S/C21H21N3O2/c1-14(15-8-10-18(11-9-15)24(2)3)22-23-21(26)19-12-16-6-4-5-7-17(16)13-20(19)25/h4-13,25H,1-3H3,(H,23,26)/b22-14-. The lowest BCUT2D eigenvalue weighted by Gasteiger charge is -2.12. The van der Waals surface area contributed by atoms with E-state index in [0.29, 0.717) is 5.71 Å². The Balaban J connectivity index is 1.79. The predicted molar refractivity (Wildman–Crippen MR) is 106 cm³/mol. The Hall–Kier alpha value is -3.34. The number of benzene rings is 3. The number of phenolic OH excluding ortho intramolecular Hbond substituents is 1. The normalized spacial score (nSPS) is 11.4. The van der Waals surface area contributed by atoms with Crippen LogP contribution in [0.15, 0.2) is 65.8 Å². The van der Waals surface area contributed by atoms with Crippen molar-refractivity contribution in [3.05, 3.63) is 71.8 Å². The van der Waals surface area contributed by atoms with Crippen LogP contribution in [-0.2, 0) is 0 Å². The van der Waals surface area contributed by atoms with Crippen LogP contribution in [0.1, 0.15) is 22.8 Å². The predicted octanol–water partition coefficient (Wildman–Crippen LogP) is 3.77. The van der Waals surface area contributed by atoms with E-state index >= 15 is 0 Å². The number of hydrazone groups is 1. The molecule has 0 saturated heterocycles. The van der Waals surface area contributed by atoms with Gasteiger partial charge in [-0.3, -0.25) is 4.79 Å². The number of amides is 1. The third-order valence-corrected chi connectivity index (χ3v) is 4.24. The van der Waals surface area contributed by atoms with Gasteiger partial charge in [0, 0.05) is 19.8 Å². The number of hydrogen-bond acceptors (Lipinski definition) is 4. The molecule has 0 aliphatic carbocycles. The van der Waals surface area contributed by atoms with Crippen LogP contribution >= 0.6 is 0 Å². The van der Waals surface area contributed by atoms with Gasteiger partial charge in [-0.05, 0) is 47.5 Å². The zero-order valence-corrected chi connectivity index (χ0v) is 15.0. The quantitative estimate of drug-likeness (QED) is 0.558. The molecule has 0 radical (unpaired) electrons. The molecule has 5 heteroatoms. The van der Waals surface area contributed by atoms with Gasteiger partial charge in [0.2, 0.25) is 0 Å². The van der Waals surface area contributed by atoms with Crippen LogP contribution in [0, 0.1) is 0 Å². The van der Waals surface area contributed by atoms with Gasteiger partial charge >= 0.3 is 0 Å². The number of carbonyl (C=O) groups is 1. The van der Waals surface area contributed by atoms with Crippen LogP contribution in [0.4, 0.5) is 5.69 Å². The fourth-order valence-electron chi connectivity index (χ4n) is 2.67. The molecule has 0 heterocycles. The van der Waals surface area contributed by atoms with Crippen LogP contribution < -0.4 is 10.3 Å². The maximum Gasteiger partial charge on any atom is 0.275 e. The lowest BCUT2D eigenvalue weighted by molar-refractivity contribution is 0.0952. The maximum atomic E-state index is 12.4. The summed E-state index contributed by atoms with van der Waals surface area (Å²) in [5.74, 6) is -0.512. The molecule has 0 aromatic heterocycles. The van der Waals surface area contributed by atoms with E-state index in [1.165, 1.54) is 0 Å².